The molecule has 3 nitrogen and oxygen atoms in total. The molecule has 0 spiro atoms. The highest BCUT2D eigenvalue weighted by molar-refractivity contribution is 7.09. The van der Waals surface area contributed by atoms with Crippen molar-refractivity contribution in [1.29, 1.82) is 0 Å². The van der Waals surface area contributed by atoms with Gasteiger partial charge in [-0.05, 0) is 19.8 Å². The maximum Gasteiger partial charge on any atom is 0.109 e. The summed E-state index contributed by atoms with van der Waals surface area (Å²) in [6, 6.07) is 0.346. The van der Waals surface area contributed by atoms with E-state index in [1.165, 1.54) is 12.8 Å². The van der Waals surface area contributed by atoms with Crippen LogP contribution in [0.1, 0.15) is 30.8 Å². The molecule has 78 valence electrons. The van der Waals surface area contributed by atoms with Crippen LogP contribution in [-0.2, 0) is 4.74 Å². The highest BCUT2D eigenvalue weighted by Crippen LogP contribution is 2.16. The predicted molar refractivity (Wildman–Crippen MR) is 57.5 cm³/mol. The SMILES string of the molecule is C[C@@H](NC[C@H]1CCCO1)c1nccs1. The van der Waals surface area contributed by atoms with Crippen molar-refractivity contribution in [3.05, 3.63) is 16.6 Å². The summed E-state index contributed by atoms with van der Waals surface area (Å²) in [7, 11) is 0. The van der Waals surface area contributed by atoms with Gasteiger partial charge >= 0.3 is 0 Å². The average molecular weight is 212 g/mol. The number of ether oxygens (including phenoxy) is 1. The number of nitrogens with zero attached hydrogens (tertiary/aromatic N) is 1. The van der Waals surface area contributed by atoms with Crippen molar-refractivity contribution >= 4 is 11.3 Å². The lowest BCUT2D eigenvalue weighted by molar-refractivity contribution is 0.108. The lowest BCUT2D eigenvalue weighted by Gasteiger charge is -2.14. The van der Waals surface area contributed by atoms with Gasteiger partial charge < -0.3 is 10.1 Å². The second-order valence-corrected chi connectivity index (χ2v) is 4.56. The number of hydrogen-bond donors (Lipinski definition) is 1. The molecule has 2 rings (SSSR count). The molecule has 1 N–H and O–H groups in total. The standard InChI is InChI=1S/C10H16N2OS/c1-8(10-11-4-6-14-10)12-7-9-3-2-5-13-9/h4,6,8-9,12H,2-3,5,7H2,1H3/t8-,9-/m1/s1. The zero-order valence-corrected chi connectivity index (χ0v) is 9.22. The third-order valence-corrected chi connectivity index (χ3v) is 3.46. The Bertz CT molecular complexity index is 257. The van der Waals surface area contributed by atoms with Gasteiger partial charge in [-0.25, -0.2) is 4.98 Å². The van der Waals surface area contributed by atoms with E-state index in [1.807, 2.05) is 11.6 Å². The van der Waals surface area contributed by atoms with E-state index in [0.29, 0.717) is 12.1 Å². The molecule has 0 saturated carbocycles. The maximum absolute atomic E-state index is 5.54. The predicted octanol–water partition coefficient (Wildman–Crippen LogP) is 1.97. The molecule has 1 aliphatic heterocycles. The van der Waals surface area contributed by atoms with Crippen LogP contribution >= 0.6 is 11.3 Å². The molecule has 0 amide bonds. The zero-order chi connectivity index (χ0) is 9.80. The van der Waals surface area contributed by atoms with Gasteiger partial charge in [0.25, 0.3) is 0 Å². The smallest absolute Gasteiger partial charge is 0.109 e. The minimum atomic E-state index is 0.346. The van der Waals surface area contributed by atoms with Gasteiger partial charge in [-0.15, -0.1) is 11.3 Å². The minimum Gasteiger partial charge on any atom is -0.377 e. The van der Waals surface area contributed by atoms with E-state index in [2.05, 4.69) is 17.2 Å². The van der Waals surface area contributed by atoms with E-state index in [9.17, 15) is 0 Å². The van der Waals surface area contributed by atoms with Crippen LogP contribution in [0, 0.1) is 0 Å². The molecule has 0 aliphatic carbocycles. The molecule has 0 aromatic carbocycles. The fourth-order valence-electron chi connectivity index (χ4n) is 1.65. The Hall–Kier alpha value is -0.450. The third-order valence-electron chi connectivity index (χ3n) is 2.50. The number of aromatic nitrogens is 1. The Morgan fingerprint density at radius 2 is 2.71 bits per heavy atom. The normalized spacial score (nSPS) is 23.9. The monoisotopic (exact) mass is 212 g/mol. The summed E-state index contributed by atoms with van der Waals surface area (Å²) in [6.45, 7) is 4.02. The number of hydrogen-bond acceptors (Lipinski definition) is 4. The molecule has 1 saturated heterocycles. The van der Waals surface area contributed by atoms with Crippen LogP contribution in [0.2, 0.25) is 0 Å². The Kier molecular flexibility index (Phi) is 3.50. The molecule has 1 fully saturated rings. The molecule has 0 unspecified atom stereocenters. The summed E-state index contributed by atoms with van der Waals surface area (Å²) >= 11 is 1.70. The van der Waals surface area contributed by atoms with Gasteiger partial charge in [-0.3, -0.25) is 0 Å². The van der Waals surface area contributed by atoms with E-state index >= 15 is 0 Å². The van der Waals surface area contributed by atoms with Gasteiger partial charge in [0.05, 0.1) is 12.1 Å². The summed E-state index contributed by atoms with van der Waals surface area (Å²) in [5, 5.41) is 6.62. The van der Waals surface area contributed by atoms with Crippen molar-refractivity contribution in [3.63, 3.8) is 0 Å². The quantitative estimate of drug-likeness (QED) is 0.828. The summed E-state index contributed by atoms with van der Waals surface area (Å²) in [4.78, 5) is 4.28. The molecular formula is C10H16N2OS. The van der Waals surface area contributed by atoms with E-state index < -0.39 is 0 Å². The van der Waals surface area contributed by atoms with Crippen LogP contribution in [0.25, 0.3) is 0 Å². The van der Waals surface area contributed by atoms with Gasteiger partial charge in [-0.2, -0.15) is 0 Å². The molecule has 14 heavy (non-hydrogen) atoms. The summed E-state index contributed by atoms with van der Waals surface area (Å²) in [5.41, 5.74) is 0. The molecule has 2 atom stereocenters. The molecular weight excluding hydrogens is 196 g/mol. The van der Waals surface area contributed by atoms with Gasteiger partial charge in [-0.1, -0.05) is 0 Å². The summed E-state index contributed by atoms with van der Waals surface area (Å²) in [6.07, 6.45) is 4.66. The van der Waals surface area contributed by atoms with Crippen LogP contribution in [0.4, 0.5) is 0 Å². The molecule has 0 radical (unpaired) electrons. The van der Waals surface area contributed by atoms with Gasteiger partial charge in [0.1, 0.15) is 5.01 Å². The first kappa shape index (κ1) is 10.1. The van der Waals surface area contributed by atoms with Crippen molar-refractivity contribution < 1.29 is 4.74 Å². The van der Waals surface area contributed by atoms with Gasteiger partial charge in [0.2, 0.25) is 0 Å². The minimum absolute atomic E-state index is 0.346. The third kappa shape index (κ3) is 2.53. The van der Waals surface area contributed by atoms with E-state index in [1.54, 1.807) is 11.3 Å². The number of thiazole rings is 1. The second-order valence-electron chi connectivity index (χ2n) is 3.64. The molecule has 1 aromatic heterocycles. The van der Waals surface area contributed by atoms with E-state index in [4.69, 9.17) is 4.74 Å². The lowest BCUT2D eigenvalue weighted by Crippen LogP contribution is -2.28. The summed E-state index contributed by atoms with van der Waals surface area (Å²) < 4.78 is 5.54. The van der Waals surface area contributed by atoms with Crippen LogP contribution in [0.3, 0.4) is 0 Å². The highest BCUT2D eigenvalue weighted by atomic mass is 32.1. The molecule has 1 aromatic rings. The fraction of sp³-hybridized carbons (Fsp3) is 0.700. The summed E-state index contributed by atoms with van der Waals surface area (Å²) in [5.74, 6) is 0. The maximum atomic E-state index is 5.54. The molecule has 1 aliphatic rings. The van der Waals surface area contributed by atoms with Crippen molar-refractivity contribution in [2.24, 2.45) is 0 Å². The molecule has 4 heteroatoms. The van der Waals surface area contributed by atoms with E-state index in [-0.39, 0.29) is 0 Å². The first-order valence-corrected chi connectivity index (χ1v) is 5.98. The second kappa shape index (κ2) is 4.87. The van der Waals surface area contributed by atoms with Crippen LogP contribution in [0.5, 0.6) is 0 Å². The van der Waals surface area contributed by atoms with Crippen molar-refractivity contribution in [2.45, 2.75) is 31.9 Å². The van der Waals surface area contributed by atoms with Gasteiger partial charge in [0.15, 0.2) is 0 Å². The van der Waals surface area contributed by atoms with Crippen LogP contribution < -0.4 is 5.32 Å². The van der Waals surface area contributed by atoms with Crippen molar-refractivity contribution in [2.75, 3.05) is 13.2 Å². The molecule has 2 heterocycles. The number of rotatable bonds is 4. The first-order chi connectivity index (χ1) is 6.86. The topological polar surface area (TPSA) is 34.1 Å². The zero-order valence-electron chi connectivity index (χ0n) is 8.40. The van der Waals surface area contributed by atoms with E-state index in [0.717, 1.165) is 18.2 Å². The Balaban J connectivity index is 1.74. The largest absolute Gasteiger partial charge is 0.377 e. The number of nitrogens with one attached hydrogen (secondary N) is 1. The van der Waals surface area contributed by atoms with Crippen molar-refractivity contribution in [1.82, 2.24) is 10.3 Å². The molecule has 0 bridgehead atoms. The van der Waals surface area contributed by atoms with Crippen LogP contribution in [0.15, 0.2) is 11.6 Å². The Morgan fingerprint density at radius 3 is 3.36 bits per heavy atom. The fourth-order valence-corrected chi connectivity index (χ4v) is 2.32. The lowest BCUT2D eigenvalue weighted by atomic mass is 10.2. The average Bonchev–Trinajstić information content (AvgIpc) is 2.87. The Labute approximate surface area is 88.5 Å². The van der Waals surface area contributed by atoms with Gasteiger partial charge in [0, 0.05) is 24.7 Å². The highest BCUT2D eigenvalue weighted by Gasteiger charge is 2.16. The first-order valence-electron chi connectivity index (χ1n) is 5.10. The van der Waals surface area contributed by atoms with Crippen molar-refractivity contribution in [3.8, 4) is 0 Å². The van der Waals surface area contributed by atoms with Crippen LogP contribution in [-0.4, -0.2) is 24.2 Å². The Morgan fingerprint density at radius 1 is 1.79 bits per heavy atom.